The molecule has 2 heterocycles. The lowest BCUT2D eigenvalue weighted by atomic mass is 10.0. The Morgan fingerprint density at radius 2 is 1.88 bits per heavy atom. The molecule has 0 fully saturated rings. The molecule has 0 bridgehead atoms. The molecule has 170 valence electrons. The third-order valence-corrected chi connectivity index (χ3v) is 5.57. The molecule has 0 saturated carbocycles. The number of benzene rings is 2. The third kappa shape index (κ3) is 4.90. The van der Waals surface area contributed by atoms with E-state index in [1.165, 1.54) is 7.11 Å². The van der Waals surface area contributed by atoms with Gasteiger partial charge in [0.15, 0.2) is 0 Å². The fourth-order valence-corrected chi connectivity index (χ4v) is 3.66. The first kappa shape index (κ1) is 22.1. The van der Waals surface area contributed by atoms with E-state index >= 15 is 0 Å². The number of esters is 1. The highest BCUT2D eigenvalue weighted by Crippen LogP contribution is 2.20. The first-order valence-corrected chi connectivity index (χ1v) is 10.5. The number of ether oxygens (including phenoxy) is 2. The average molecular weight is 447 g/mol. The van der Waals surface area contributed by atoms with Crippen LogP contribution < -0.4 is 10.1 Å². The number of methoxy groups -OCH3 is 1. The molecule has 0 aliphatic rings. The number of aryl methyl sites for hydroxylation is 2. The SMILES string of the molecule is COC(=O)C(Cc1c[nH]c2ccccc12)NC(=O)c1ccc(OCc2c(C)noc2C)cc1. The number of H-pyrrole nitrogens is 1. The number of carbonyl (C=O) groups is 2. The highest BCUT2D eigenvalue weighted by Gasteiger charge is 2.24. The molecule has 2 aromatic heterocycles. The summed E-state index contributed by atoms with van der Waals surface area (Å²) in [6, 6.07) is 13.7. The number of nitrogens with zero attached hydrogens (tertiary/aromatic N) is 1. The normalized spacial score (nSPS) is 11.8. The number of para-hydroxylation sites is 1. The Kier molecular flexibility index (Phi) is 6.44. The number of nitrogens with one attached hydrogen (secondary N) is 2. The number of aromatic amines is 1. The average Bonchev–Trinajstić information content (AvgIpc) is 3.39. The third-order valence-electron chi connectivity index (χ3n) is 5.57. The second-order valence-corrected chi connectivity index (χ2v) is 7.73. The van der Waals surface area contributed by atoms with E-state index in [-0.39, 0.29) is 5.91 Å². The number of fused-ring (bicyclic) bond motifs is 1. The molecule has 0 radical (unpaired) electrons. The maximum atomic E-state index is 12.8. The molecule has 0 aliphatic heterocycles. The highest BCUT2D eigenvalue weighted by molar-refractivity contribution is 5.97. The number of rotatable bonds is 8. The Balaban J connectivity index is 1.42. The van der Waals surface area contributed by atoms with Crippen LogP contribution >= 0.6 is 0 Å². The molecule has 0 spiro atoms. The number of carbonyl (C=O) groups excluding carboxylic acids is 2. The molecule has 4 aromatic rings. The molecule has 33 heavy (non-hydrogen) atoms. The Labute approximate surface area is 190 Å². The largest absolute Gasteiger partial charge is 0.489 e. The van der Waals surface area contributed by atoms with Crippen molar-refractivity contribution in [2.75, 3.05) is 7.11 Å². The van der Waals surface area contributed by atoms with Crippen LogP contribution in [0.3, 0.4) is 0 Å². The van der Waals surface area contributed by atoms with Crippen LogP contribution in [0.4, 0.5) is 0 Å². The molecule has 1 amide bonds. The number of hydrogen-bond donors (Lipinski definition) is 2. The van der Waals surface area contributed by atoms with E-state index < -0.39 is 12.0 Å². The number of hydrogen-bond acceptors (Lipinski definition) is 6. The van der Waals surface area contributed by atoms with Gasteiger partial charge in [0.05, 0.1) is 18.4 Å². The van der Waals surface area contributed by atoms with Crippen LogP contribution in [0.25, 0.3) is 10.9 Å². The fourth-order valence-electron chi connectivity index (χ4n) is 3.66. The monoisotopic (exact) mass is 447 g/mol. The van der Waals surface area contributed by atoms with Crippen molar-refractivity contribution in [3.63, 3.8) is 0 Å². The second-order valence-electron chi connectivity index (χ2n) is 7.73. The summed E-state index contributed by atoms with van der Waals surface area (Å²) < 4.78 is 15.8. The van der Waals surface area contributed by atoms with Crippen molar-refractivity contribution < 1.29 is 23.6 Å². The zero-order valence-corrected chi connectivity index (χ0v) is 18.7. The molecule has 0 saturated heterocycles. The van der Waals surface area contributed by atoms with Gasteiger partial charge in [-0.05, 0) is 49.7 Å². The van der Waals surface area contributed by atoms with Crippen LogP contribution in [0.2, 0.25) is 0 Å². The molecule has 0 aliphatic carbocycles. The predicted molar refractivity (Wildman–Crippen MR) is 122 cm³/mol. The van der Waals surface area contributed by atoms with Crippen molar-refractivity contribution in [3.05, 3.63) is 82.9 Å². The Morgan fingerprint density at radius 1 is 1.12 bits per heavy atom. The quantitative estimate of drug-likeness (QED) is 0.397. The summed E-state index contributed by atoms with van der Waals surface area (Å²) in [4.78, 5) is 28.4. The van der Waals surface area contributed by atoms with Gasteiger partial charge in [0.2, 0.25) is 0 Å². The van der Waals surface area contributed by atoms with Crippen molar-refractivity contribution >= 4 is 22.8 Å². The molecule has 2 aromatic carbocycles. The van der Waals surface area contributed by atoms with Crippen LogP contribution in [-0.4, -0.2) is 35.2 Å². The molecular formula is C25H25N3O5. The lowest BCUT2D eigenvalue weighted by Gasteiger charge is -2.16. The van der Waals surface area contributed by atoms with Crippen LogP contribution in [0.5, 0.6) is 5.75 Å². The maximum Gasteiger partial charge on any atom is 0.328 e. The topological polar surface area (TPSA) is 106 Å². The van der Waals surface area contributed by atoms with Crippen molar-refractivity contribution in [2.45, 2.75) is 32.9 Å². The van der Waals surface area contributed by atoms with Crippen molar-refractivity contribution in [3.8, 4) is 5.75 Å². The van der Waals surface area contributed by atoms with Gasteiger partial charge in [-0.25, -0.2) is 4.79 Å². The molecule has 8 nitrogen and oxygen atoms in total. The second kappa shape index (κ2) is 9.60. The maximum absolute atomic E-state index is 12.8. The van der Waals surface area contributed by atoms with E-state index in [2.05, 4.69) is 15.5 Å². The minimum Gasteiger partial charge on any atom is -0.489 e. The van der Waals surface area contributed by atoms with Crippen molar-refractivity contribution in [1.29, 1.82) is 0 Å². The Bertz CT molecular complexity index is 1250. The van der Waals surface area contributed by atoms with Crippen LogP contribution in [0, 0.1) is 13.8 Å². The Hall–Kier alpha value is -4.07. The fraction of sp³-hybridized carbons (Fsp3) is 0.240. The predicted octanol–water partition coefficient (Wildman–Crippen LogP) is 3.87. The van der Waals surface area contributed by atoms with E-state index in [1.54, 1.807) is 24.3 Å². The molecule has 2 N–H and O–H groups in total. The summed E-state index contributed by atoms with van der Waals surface area (Å²) >= 11 is 0. The molecule has 1 atom stereocenters. The van der Waals surface area contributed by atoms with E-state index in [0.29, 0.717) is 30.1 Å². The van der Waals surface area contributed by atoms with Crippen LogP contribution in [0.15, 0.2) is 59.3 Å². The first-order chi connectivity index (χ1) is 16.0. The zero-order chi connectivity index (χ0) is 23.4. The van der Waals surface area contributed by atoms with Crippen molar-refractivity contribution in [2.24, 2.45) is 0 Å². The van der Waals surface area contributed by atoms with E-state index in [9.17, 15) is 9.59 Å². The number of amides is 1. The molecule has 8 heteroatoms. The first-order valence-electron chi connectivity index (χ1n) is 10.5. The van der Waals surface area contributed by atoms with Gasteiger partial charge in [-0.2, -0.15) is 0 Å². The van der Waals surface area contributed by atoms with Gasteiger partial charge in [0.25, 0.3) is 5.91 Å². The van der Waals surface area contributed by atoms with Gasteiger partial charge in [-0.1, -0.05) is 23.4 Å². The van der Waals surface area contributed by atoms with Crippen LogP contribution in [-0.2, 0) is 22.6 Å². The van der Waals surface area contributed by atoms with Gasteiger partial charge >= 0.3 is 5.97 Å². The summed E-state index contributed by atoms with van der Waals surface area (Å²) in [6.45, 7) is 4.01. The van der Waals surface area contributed by atoms with E-state index in [4.69, 9.17) is 14.0 Å². The molecule has 4 rings (SSSR count). The summed E-state index contributed by atoms with van der Waals surface area (Å²) in [5.74, 6) is 0.443. The lowest BCUT2D eigenvalue weighted by Crippen LogP contribution is -2.43. The van der Waals surface area contributed by atoms with Gasteiger partial charge in [-0.3, -0.25) is 4.79 Å². The van der Waals surface area contributed by atoms with Crippen LogP contribution in [0.1, 0.15) is 32.9 Å². The van der Waals surface area contributed by atoms with Gasteiger partial charge < -0.3 is 24.3 Å². The molecule has 1 unspecified atom stereocenters. The zero-order valence-electron chi connectivity index (χ0n) is 18.7. The minimum absolute atomic E-state index is 0.307. The van der Waals surface area contributed by atoms with Gasteiger partial charge in [0, 0.05) is 29.1 Å². The lowest BCUT2D eigenvalue weighted by molar-refractivity contribution is -0.142. The van der Waals surface area contributed by atoms with Gasteiger partial charge in [0.1, 0.15) is 24.2 Å². The van der Waals surface area contributed by atoms with E-state index in [1.807, 2.05) is 44.3 Å². The summed E-state index contributed by atoms with van der Waals surface area (Å²) in [7, 11) is 1.31. The smallest absolute Gasteiger partial charge is 0.328 e. The summed E-state index contributed by atoms with van der Waals surface area (Å²) in [6.07, 6.45) is 2.15. The summed E-state index contributed by atoms with van der Waals surface area (Å²) in [5.41, 5.74) is 3.98. The standard InChI is InChI=1S/C25H25N3O5/c1-15-21(16(2)33-28-15)14-32-19-10-8-17(9-11-19)24(29)27-23(25(30)31-3)12-18-13-26-22-7-5-4-6-20(18)22/h4-11,13,23,26H,12,14H2,1-3H3,(H,27,29). The Morgan fingerprint density at radius 3 is 2.58 bits per heavy atom. The minimum atomic E-state index is -0.822. The number of aromatic nitrogens is 2. The summed E-state index contributed by atoms with van der Waals surface area (Å²) in [5, 5.41) is 7.70. The van der Waals surface area contributed by atoms with Gasteiger partial charge in [-0.15, -0.1) is 0 Å². The van der Waals surface area contributed by atoms with Crippen molar-refractivity contribution in [1.82, 2.24) is 15.5 Å². The highest BCUT2D eigenvalue weighted by atomic mass is 16.5. The molecular weight excluding hydrogens is 422 g/mol. The van der Waals surface area contributed by atoms with E-state index in [0.717, 1.165) is 27.7 Å².